The third kappa shape index (κ3) is 2.27. The van der Waals surface area contributed by atoms with Crippen molar-refractivity contribution < 1.29 is 19.1 Å². The first-order valence-electron chi connectivity index (χ1n) is 5.20. The number of carbonyl (C=O) groups excluding carboxylic acids is 1. The van der Waals surface area contributed by atoms with Crippen molar-refractivity contribution >= 4 is 12.3 Å². The van der Waals surface area contributed by atoms with Crippen LogP contribution in [0.1, 0.15) is 20.7 Å². The first-order valence-corrected chi connectivity index (χ1v) is 5.20. The number of halogens is 1. The second-order valence-electron chi connectivity index (χ2n) is 3.74. The Bertz CT molecular complexity index is 620. The number of benzene rings is 2. The molecule has 3 nitrogen and oxygen atoms in total. The Labute approximate surface area is 103 Å². The molecule has 18 heavy (non-hydrogen) atoms. The van der Waals surface area contributed by atoms with E-state index in [1.807, 2.05) is 0 Å². The lowest BCUT2D eigenvalue weighted by Crippen LogP contribution is -1.96. The van der Waals surface area contributed by atoms with Crippen LogP contribution in [-0.2, 0) is 0 Å². The van der Waals surface area contributed by atoms with Crippen LogP contribution < -0.4 is 0 Å². The van der Waals surface area contributed by atoms with Crippen LogP contribution in [0.15, 0.2) is 42.5 Å². The van der Waals surface area contributed by atoms with Gasteiger partial charge in [0.2, 0.25) is 0 Å². The maximum Gasteiger partial charge on any atom is 0.335 e. The molecule has 2 aromatic rings. The second kappa shape index (κ2) is 4.79. The first kappa shape index (κ1) is 12.0. The summed E-state index contributed by atoms with van der Waals surface area (Å²) in [6.45, 7) is 0. The molecule has 90 valence electrons. The predicted molar refractivity (Wildman–Crippen MR) is 64.2 cm³/mol. The molecule has 0 radical (unpaired) electrons. The van der Waals surface area contributed by atoms with Crippen LogP contribution in [-0.4, -0.2) is 17.4 Å². The topological polar surface area (TPSA) is 54.4 Å². The van der Waals surface area contributed by atoms with Crippen molar-refractivity contribution in [1.29, 1.82) is 0 Å². The number of carbonyl (C=O) groups is 2. The number of aromatic carboxylic acids is 1. The Morgan fingerprint density at radius 1 is 1.11 bits per heavy atom. The van der Waals surface area contributed by atoms with E-state index < -0.39 is 11.8 Å². The van der Waals surface area contributed by atoms with Crippen LogP contribution in [0, 0.1) is 5.82 Å². The Balaban J connectivity index is 2.48. The van der Waals surface area contributed by atoms with Crippen LogP contribution in [0.25, 0.3) is 11.1 Å². The van der Waals surface area contributed by atoms with E-state index in [0.29, 0.717) is 17.4 Å². The Hall–Kier alpha value is -2.49. The molecule has 0 saturated carbocycles. The van der Waals surface area contributed by atoms with Gasteiger partial charge in [0.15, 0.2) is 6.29 Å². The fourth-order valence-corrected chi connectivity index (χ4v) is 1.63. The van der Waals surface area contributed by atoms with Crippen molar-refractivity contribution in [3.63, 3.8) is 0 Å². The van der Waals surface area contributed by atoms with Gasteiger partial charge in [-0.2, -0.15) is 0 Å². The maximum absolute atomic E-state index is 13.4. The Morgan fingerprint density at radius 2 is 1.83 bits per heavy atom. The van der Waals surface area contributed by atoms with Crippen LogP contribution in [0.4, 0.5) is 4.39 Å². The number of rotatable bonds is 3. The second-order valence-corrected chi connectivity index (χ2v) is 3.74. The van der Waals surface area contributed by atoms with Gasteiger partial charge < -0.3 is 5.11 Å². The van der Waals surface area contributed by atoms with E-state index in [4.69, 9.17) is 5.11 Å². The maximum atomic E-state index is 13.4. The summed E-state index contributed by atoms with van der Waals surface area (Å²) in [7, 11) is 0. The van der Waals surface area contributed by atoms with Crippen LogP contribution >= 0.6 is 0 Å². The average molecular weight is 244 g/mol. The van der Waals surface area contributed by atoms with Gasteiger partial charge in [0.05, 0.1) is 11.1 Å². The summed E-state index contributed by atoms with van der Waals surface area (Å²) in [5, 5.41) is 8.87. The van der Waals surface area contributed by atoms with Crippen molar-refractivity contribution in [1.82, 2.24) is 0 Å². The molecule has 4 heteroatoms. The summed E-state index contributed by atoms with van der Waals surface area (Å²) in [5.74, 6) is -1.66. The van der Waals surface area contributed by atoms with Gasteiger partial charge in [-0.15, -0.1) is 0 Å². The highest BCUT2D eigenvalue weighted by Crippen LogP contribution is 2.22. The summed E-state index contributed by atoms with van der Waals surface area (Å²) >= 11 is 0. The number of hydrogen-bond donors (Lipinski definition) is 1. The molecule has 0 saturated heterocycles. The first-order chi connectivity index (χ1) is 8.61. The highest BCUT2D eigenvalue weighted by Gasteiger charge is 2.07. The highest BCUT2D eigenvalue weighted by atomic mass is 19.1. The van der Waals surface area contributed by atoms with Gasteiger partial charge in [-0.05, 0) is 35.4 Å². The number of aldehydes is 1. The van der Waals surface area contributed by atoms with Crippen molar-refractivity contribution in [2.24, 2.45) is 0 Å². The molecule has 0 spiro atoms. The summed E-state index contributed by atoms with van der Waals surface area (Å²) in [6.07, 6.45) is 0.437. The molecule has 0 aliphatic rings. The summed E-state index contributed by atoms with van der Waals surface area (Å²) < 4.78 is 13.4. The largest absolute Gasteiger partial charge is 0.478 e. The van der Waals surface area contributed by atoms with E-state index in [-0.39, 0.29) is 11.1 Å². The molecule has 0 atom stereocenters. The molecule has 2 rings (SSSR count). The summed E-state index contributed by atoms with van der Waals surface area (Å²) in [6, 6.07) is 10.3. The lowest BCUT2D eigenvalue weighted by atomic mass is 10.0. The minimum absolute atomic E-state index is 0.0202. The minimum atomic E-state index is -1.04. The molecular formula is C14H9FO3. The zero-order chi connectivity index (χ0) is 13.1. The van der Waals surface area contributed by atoms with Crippen LogP contribution in [0.5, 0.6) is 0 Å². The van der Waals surface area contributed by atoms with E-state index in [0.717, 1.165) is 0 Å². The average Bonchev–Trinajstić information content (AvgIpc) is 2.38. The third-order valence-corrected chi connectivity index (χ3v) is 2.57. The van der Waals surface area contributed by atoms with E-state index >= 15 is 0 Å². The van der Waals surface area contributed by atoms with Gasteiger partial charge in [-0.3, -0.25) is 4.79 Å². The van der Waals surface area contributed by atoms with Crippen molar-refractivity contribution in [2.45, 2.75) is 0 Å². The van der Waals surface area contributed by atoms with Crippen molar-refractivity contribution in [3.8, 4) is 11.1 Å². The standard InChI is InChI=1S/C14H9FO3/c15-13-7-10(4-5-12(13)8-16)9-2-1-3-11(6-9)14(17)18/h1-8H,(H,17,18). The highest BCUT2D eigenvalue weighted by molar-refractivity contribution is 5.89. The molecular weight excluding hydrogens is 235 g/mol. The van der Waals surface area contributed by atoms with E-state index in [9.17, 15) is 14.0 Å². The fourth-order valence-electron chi connectivity index (χ4n) is 1.63. The lowest BCUT2D eigenvalue weighted by Gasteiger charge is -2.04. The number of hydrogen-bond acceptors (Lipinski definition) is 2. The molecule has 0 bridgehead atoms. The minimum Gasteiger partial charge on any atom is -0.478 e. The van der Waals surface area contributed by atoms with Gasteiger partial charge in [0.25, 0.3) is 0 Å². The number of carboxylic acid groups (broad SMARTS) is 1. The van der Waals surface area contributed by atoms with Gasteiger partial charge in [-0.1, -0.05) is 18.2 Å². The van der Waals surface area contributed by atoms with Crippen molar-refractivity contribution in [3.05, 3.63) is 59.4 Å². The molecule has 0 heterocycles. The summed E-state index contributed by atoms with van der Waals surface area (Å²) in [4.78, 5) is 21.3. The zero-order valence-electron chi connectivity index (χ0n) is 9.26. The van der Waals surface area contributed by atoms with E-state index in [2.05, 4.69) is 0 Å². The summed E-state index contributed by atoms with van der Waals surface area (Å²) in [5.41, 5.74) is 1.23. The molecule has 0 aliphatic carbocycles. The zero-order valence-corrected chi connectivity index (χ0v) is 9.26. The fraction of sp³-hybridized carbons (Fsp3) is 0. The predicted octanol–water partition coefficient (Wildman–Crippen LogP) is 3.00. The SMILES string of the molecule is O=Cc1ccc(-c2cccc(C(=O)O)c2)cc1F. The molecule has 0 fully saturated rings. The van der Waals surface area contributed by atoms with E-state index in [1.54, 1.807) is 18.2 Å². The smallest absolute Gasteiger partial charge is 0.335 e. The Kier molecular flexibility index (Phi) is 3.19. The van der Waals surface area contributed by atoms with E-state index in [1.165, 1.54) is 24.3 Å². The van der Waals surface area contributed by atoms with Crippen molar-refractivity contribution in [2.75, 3.05) is 0 Å². The molecule has 0 amide bonds. The molecule has 2 aromatic carbocycles. The van der Waals surface area contributed by atoms with Crippen LogP contribution in [0.3, 0.4) is 0 Å². The quantitative estimate of drug-likeness (QED) is 0.844. The monoisotopic (exact) mass is 244 g/mol. The molecule has 0 aliphatic heterocycles. The molecule has 0 aromatic heterocycles. The van der Waals surface area contributed by atoms with Crippen LogP contribution in [0.2, 0.25) is 0 Å². The number of carboxylic acids is 1. The Morgan fingerprint density at radius 3 is 2.44 bits per heavy atom. The normalized spacial score (nSPS) is 10.1. The van der Waals surface area contributed by atoms with Gasteiger partial charge in [0.1, 0.15) is 5.82 Å². The third-order valence-electron chi connectivity index (χ3n) is 2.57. The van der Waals surface area contributed by atoms with Gasteiger partial charge in [0, 0.05) is 0 Å². The lowest BCUT2D eigenvalue weighted by molar-refractivity contribution is 0.0696. The molecule has 1 N–H and O–H groups in total. The van der Waals surface area contributed by atoms with Gasteiger partial charge >= 0.3 is 5.97 Å². The molecule has 0 unspecified atom stereocenters. The van der Waals surface area contributed by atoms with Gasteiger partial charge in [-0.25, -0.2) is 9.18 Å².